The van der Waals surface area contributed by atoms with E-state index in [-0.39, 0.29) is 0 Å². The molecule has 1 aromatic rings. The summed E-state index contributed by atoms with van der Waals surface area (Å²) in [4.78, 5) is 2.25. The summed E-state index contributed by atoms with van der Waals surface area (Å²) in [5, 5.41) is 4.23. The highest BCUT2D eigenvalue weighted by molar-refractivity contribution is 7.80. The predicted octanol–water partition coefficient (Wildman–Crippen LogP) is 2.21. The van der Waals surface area contributed by atoms with Crippen LogP contribution in [0.1, 0.15) is 18.4 Å². The molecule has 4 heteroatoms. The van der Waals surface area contributed by atoms with Gasteiger partial charge in [0.05, 0.1) is 7.11 Å². The van der Waals surface area contributed by atoms with Gasteiger partial charge >= 0.3 is 0 Å². The lowest BCUT2D eigenvalue weighted by atomic mass is 10.1. The van der Waals surface area contributed by atoms with E-state index in [4.69, 9.17) is 17.0 Å². The fourth-order valence-electron chi connectivity index (χ4n) is 2.14. The molecule has 1 heterocycles. The number of ether oxygens (including phenoxy) is 1. The highest BCUT2D eigenvalue weighted by Gasteiger charge is 2.13. The molecular formula is C14H20N2OS. The van der Waals surface area contributed by atoms with Crippen LogP contribution in [0, 0.1) is 0 Å². The Morgan fingerprint density at radius 2 is 1.94 bits per heavy atom. The van der Waals surface area contributed by atoms with E-state index < -0.39 is 0 Å². The molecule has 0 aliphatic carbocycles. The van der Waals surface area contributed by atoms with Gasteiger partial charge in [-0.05, 0) is 49.2 Å². The Morgan fingerprint density at radius 1 is 1.28 bits per heavy atom. The molecule has 18 heavy (non-hydrogen) atoms. The SMILES string of the molecule is COc1ccc(CCNC(=S)N2CCCC2)cc1. The van der Waals surface area contributed by atoms with Crippen LogP contribution in [0.25, 0.3) is 0 Å². The largest absolute Gasteiger partial charge is 0.497 e. The van der Waals surface area contributed by atoms with E-state index in [9.17, 15) is 0 Å². The van der Waals surface area contributed by atoms with Crippen molar-refractivity contribution in [2.24, 2.45) is 0 Å². The van der Waals surface area contributed by atoms with Crippen LogP contribution in [0.5, 0.6) is 5.75 Å². The van der Waals surface area contributed by atoms with E-state index >= 15 is 0 Å². The molecule has 2 rings (SSSR count). The lowest BCUT2D eigenvalue weighted by molar-refractivity contribution is 0.414. The molecule has 0 bridgehead atoms. The van der Waals surface area contributed by atoms with Crippen molar-refractivity contribution in [1.82, 2.24) is 10.2 Å². The Kier molecular flexibility index (Phi) is 4.81. The van der Waals surface area contributed by atoms with Gasteiger partial charge in [-0.25, -0.2) is 0 Å². The van der Waals surface area contributed by atoms with Crippen molar-refractivity contribution in [3.05, 3.63) is 29.8 Å². The maximum absolute atomic E-state index is 5.36. The molecule has 98 valence electrons. The van der Waals surface area contributed by atoms with Crippen molar-refractivity contribution < 1.29 is 4.74 Å². The first-order chi connectivity index (χ1) is 8.79. The molecule has 0 saturated carbocycles. The van der Waals surface area contributed by atoms with Gasteiger partial charge in [-0.2, -0.15) is 0 Å². The van der Waals surface area contributed by atoms with Crippen LogP contribution < -0.4 is 10.1 Å². The van der Waals surface area contributed by atoms with E-state index in [1.165, 1.54) is 18.4 Å². The van der Waals surface area contributed by atoms with Crippen LogP contribution in [0.2, 0.25) is 0 Å². The number of nitrogens with zero attached hydrogens (tertiary/aromatic N) is 1. The van der Waals surface area contributed by atoms with Gasteiger partial charge in [-0.1, -0.05) is 12.1 Å². The quantitative estimate of drug-likeness (QED) is 0.843. The van der Waals surface area contributed by atoms with Gasteiger partial charge in [0.15, 0.2) is 5.11 Å². The third kappa shape index (κ3) is 3.60. The van der Waals surface area contributed by atoms with Gasteiger partial charge in [0, 0.05) is 19.6 Å². The summed E-state index contributed by atoms with van der Waals surface area (Å²) in [5.74, 6) is 0.902. The van der Waals surface area contributed by atoms with Gasteiger partial charge < -0.3 is 15.0 Å². The molecule has 1 aliphatic heterocycles. The Hall–Kier alpha value is -1.29. The minimum Gasteiger partial charge on any atom is -0.497 e. The van der Waals surface area contributed by atoms with Crippen molar-refractivity contribution in [2.45, 2.75) is 19.3 Å². The molecule has 0 aromatic heterocycles. The summed E-state index contributed by atoms with van der Waals surface area (Å²) in [6.07, 6.45) is 3.51. The van der Waals surface area contributed by atoms with Gasteiger partial charge in [-0.3, -0.25) is 0 Å². The maximum Gasteiger partial charge on any atom is 0.168 e. The first kappa shape index (κ1) is 13.1. The highest BCUT2D eigenvalue weighted by Crippen LogP contribution is 2.11. The van der Waals surface area contributed by atoms with Crippen molar-refractivity contribution >= 4 is 17.3 Å². The minimum atomic E-state index is 0.891. The lowest BCUT2D eigenvalue weighted by Crippen LogP contribution is -2.38. The molecule has 1 aromatic carbocycles. The normalized spacial score (nSPS) is 14.6. The van der Waals surface area contributed by atoms with E-state index in [0.717, 1.165) is 36.9 Å². The molecule has 1 aliphatic rings. The van der Waals surface area contributed by atoms with Crippen LogP contribution in [0.4, 0.5) is 0 Å². The second-order valence-corrected chi connectivity index (χ2v) is 4.91. The number of thiocarbonyl (C=S) groups is 1. The third-order valence-corrected chi connectivity index (χ3v) is 3.64. The summed E-state index contributed by atoms with van der Waals surface area (Å²) < 4.78 is 5.14. The minimum absolute atomic E-state index is 0.891. The van der Waals surface area contributed by atoms with Gasteiger partial charge in [0.1, 0.15) is 5.75 Å². The summed E-state index contributed by atoms with van der Waals surface area (Å²) in [7, 11) is 1.69. The fourth-order valence-corrected chi connectivity index (χ4v) is 2.42. The highest BCUT2D eigenvalue weighted by atomic mass is 32.1. The average molecular weight is 264 g/mol. The number of hydrogen-bond acceptors (Lipinski definition) is 2. The first-order valence-corrected chi connectivity index (χ1v) is 6.86. The smallest absolute Gasteiger partial charge is 0.168 e. The summed E-state index contributed by atoms with van der Waals surface area (Å²) in [5.41, 5.74) is 1.30. The Morgan fingerprint density at radius 3 is 2.56 bits per heavy atom. The van der Waals surface area contributed by atoms with Gasteiger partial charge in [0.25, 0.3) is 0 Å². The molecular weight excluding hydrogens is 244 g/mol. The third-order valence-electron chi connectivity index (χ3n) is 3.24. The Bertz CT molecular complexity index is 385. The average Bonchev–Trinajstić information content (AvgIpc) is 2.93. The summed E-state index contributed by atoms with van der Waals surface area (Å²) in [6, 6.07) is 8.18. The molecule has 1 fully saturated rings. The summed E-state index contributed by atoms with van der Waals surface area (Å²) in [6.45, 7) is 3.10. The molecule has 0 spiro atoms. The lowest BCUT2D eigenvalue weighted by Gasteiger charge is -2.19. The second kappa shape index (κ2) is 6.59. The van der Waals surface area contributed by atoms with Crippen LogP contribution >= 0.6 is 12.2 Å². The van der Waals surface area contributed by atoms with E-state index in [1.807, 2.05) is 12.1 Å². The zero-order chi connectivity index (χ0) is 12.8. The van der Waals surface area contributed by atoms with Crippen LogP contribution in [0.15, 0.2) is 24.3 Å². The Balaban J connectivity index is 1.72. The second-order valence-electron chi connectivity index (χ2n) is 4.52. The summed E-state index contributed by atoms with van der Waals surface area (Å²) >= 11 is 5.36. The van der Waals surface area contributed by atoms with E-state index in [1.54, 1.807) is 7.11 Å². The fraction of sp³-hybridized carbons (Fsp3) is 0.500. The number of hydrogen-bond donors (Lipinski definition) is 1. The van der Waals surface area contributed by atoms with Crippen LogP contribution in [-0.4, -0.2) is 36.8 Å². The number of likely N-dealkylation sites (tertiary alicyclic amines) is 1. The first-order valence-electron chi connectivity index (χ1n) is 6.45. The molecule has 1 N–H and O–H groups in total. The predicted molar refractivity (Wildman–Crippen MR) is 78.1 cm³/mol. The monoisotopic (exact) mass is 264 g/mol. The van der Waals surface area contributed by atoms with Crippen LogP contribution in [-0.2, 0) is 6.42 Å². The molecule has 3 nitrogen and oxygen atoms in total. The number of nitrogens with one attached hydrogen (secondary N) is 1. The number of benzene rings is 1. The van der Waals surface area contributed by atoms with E-state index in [2.05, 4.69) is 22.3 Å². The van der Waals surface area contributed by atoms with Gasteiger partial charge in [-0.15, -0.1) is 0 Å². The molecule has 1 saturated heterocycles. The zero-order valence-electron chi connectivity index (χ0n) is 10.8. The van der Waals surface area contributed by atoms with Crippen molar-refractivity contribution in [3.63, 3.8) is 0 Å². The van der Waals surface area contributed by atoms with Crippen molar-refractivity contribution in [3.8, 4) is 5.75 Å². The molecule has 0 atom stereocenters. The van der Waals surface area contributed by atoms with Crippen molar-refractivity contribution in [1.29, 1.82) is 0 Å². The maximum atomic E-state index is 5.36. The van der Waals surface area contributed by atoms with Crippen molar-refractivity contribution in [2.75, 3.05) is 26.7 Å². The molecule has 0 amide bonds. The molecule has 0 radical (unpaired) electrons. The Labute approximate surface area is 114 Å². The zero-order valence-corrected chi connectivity index (χ0v) is 11.6. The standard InChI is InChI=1S/C14H20N2OS/c1-17-13-6-4-12(5-7-13)8-9-15-14(18)16-10-2-3-11-16/h4-7H,2-3,8-11H2,1H3,(H,15,18). The number of methoxy groups -OCH3 is 1. The number of rotatable bonds is 4. The topological polar surface area (TPSA) is 24.5 Å². The van der Waals surface area contributed by atoms with E-state index in [0.29, 0.717) is 0 Å². The van der Waals surface area contributed by atoms with Gasteiger partial charge in [0.2, 0.25) is 0 Å². The van der Waals surface area contributed by atoms with Crippen LogP contribution in [0.3, 0.4) is 0 Å². The molecule has 0 unspecified atom stereocenters.